The number of carbonyl (C=O) groups is 1. The molecular weight excluding hydrogens is 292 g/mol. The van der Waals surface area contributed by atoms with Gasteiger partial charge in [-0.15, -0.1) is 0 Å². The molecule has 128 valence electrons. The maximum Gasteiger partial charge on any atom is 0.171 e. The van der Waals surface area contributed by atoms with Crippen LogP contribution in [0.25, 0.3) is 0 Å². The number of hydrogen-bond acceptors (Lipinski definition) is 4. The molecule has 1 aliphatic heterocycles. The van der Waals surface area contributed by atoms with Crippen molar-refractivity contribution in [1.29, 1.82) is 0 Å². The molecule has 0 amide bonds. The molecule has 0 radical (unpaired) electrons. The highest BCUT2D eigenvalue weighted by Crippen LogP contribution is 2.27. The predicted octanol–water partition coefficient (Wildman–Crippen LogP) is 4.12. The topological polar surface area (TPSA) is 55.8 Å². The number of ketones is 1. The summed E-state index contributed by atoms with van der Waals surface area (Å²) in [5.41, 5.74) is 2.11. The molecule has 1 aromatic carbocycles. The van der Waals surface area contributed by atoms with Gasteiger partial charge in [-0.2, -0.15) is 4.89 Å². The first-order valence-electron chi connectivity index (χ1n) is 8.80. The van der Waals surface area contributed by atoms with Crippen LogP contribution in [0, 0.1) is 0 Å². The van der Waals surface area contributed by atoms with Gasteiger partial charge in [0, 0.05) is 18.4 Å². The third-order valence-electron chi connectivity index (χ3n) is 4.29. The quantitative estimate of drug-likeness (QED) is 0.492. The fraction of sp³-hybridized carbons (Fsp3) is 0.632. The lowest BCUT2D eigenvalue weighted by Crippen LogP contribution is -2.14. The van der Waals surface area contributed by atoms with Gasteiger partial charge in [0.25, 0.3) is 0 Å². The van der Waals surface area contributed by atoms with Gasteiger partial charge >= 0.3 is 0 Å². The lowest BCUT2D eigenvalue weighted by Gasteiger charge is -2.10. The zero-order chi connectivity index (χ0) is 16.5. The first-order valence-corrected chi connectivity index (χ1v) is 8.80. The van der Waals surface area contributed by atoms with E-state index in [0.717, 1.165) is 36.1 Å². The molecule has 2 rings (SSSR count). The molecule has 0 aromatic heterocycles. The number of aryl methyl sites for hydroxylation is 1. The summed E-state index contributed by atoms with van der Waals surface area (Å²) < 4.78 is 0. The van der Waals surface area contributed by atoms with Crippen LogP contribution in [0.4, 0.5) is 0 Å². The van der Waals surface area contributed by atoms with E-state index >= 15 is 0 Å². The van der Waals surface area contributed by atoms with Crippen LogP contribution in [-0.2, 0) is 22.7 Å². The van der Waals surface area contributed by atoms with Gasteiger partial charge in [-0.3, -0.25) is 4.79 Å². The Morgan fingerprint density at radius 1 is 1.26 bits per heavy atom. The van der Waals surface area contributed by atoms with Crippen LogP contribution in [0.15, 0.2) is 18.2 Å². The Bertz CT molecular complexity index is 498. The molecule has 1 N–H and O–H groups in total. The largest absolute Gasteiger partial charge is 0.393 e. The van der Waals surface area contributed by atoms with Crippen molar-refractivity contribution in [2.24, 2.45) is 0 Å². The van der Waals surface area contributed by atoms with Crippen molar-refractivity contribution in [2.45, 2.75) is 77.4 Å². The molecule has 0 spiro atoms. The molecule has 1 aromatic rings. The normalized spacial score (nSPS) is 14.3. The summed E-state index contributed by atoms with van der Waals surface area (Å²) in [4.78, 5) is 21.9. The Hall–Kier alpha value is -1.39. The van der Waals surface area contributed by atoms with E-state index in [0.29, 0.717) is 19.4 Å². The summed E-state index contributed by atoms with van der Waals surface area (Å²) in [5.74, 6) is 0.880. The lowest BCUT2D eigenvalue weighted by atomic mass is 10.00. The summed E-state index contributed by atoms with van der Waals surface area (Å²) in [6.45, 7) is 2.67. The summed E-state index contributed by atoms with van der Waals surface area (Å²) in [7, 11) is 0. The third-order valence-corrected chi connectivity index (χ3v) is 4.29. The van der Waals surface area contributed by atoms with E-state index in [1.165, 1.54) is 19.3 Å². The molecule has 0 bridgehead atoms. The highest BCUT2D eigenvalue weighted by Gasteiger charge is 2.15. The Kier molecular flexibility index (Phi) is 7.56. The van der Waals surface area contributed by atoms with Gasteiger partial charge in [0.15, 0.2) is 5.75 Å². The number of fused-ring (bicyclic) bond motifs is 1. The van der Waals surface area contributed by atoms with Gasteiger partial charge in [0.1, 0.15) is 12.4 Å². The summed E-state index contributed by atoms with van der Waals surface area (Å²) in [6, 6.07) is 5.92. The van der Waals surface area contributed by atoms with Crippen LogP contribution >= 0.6 is 0 Å². The summed E-state index contributed by atoms with van der Waals surface area (Å²) in [6.07, 6.45) is 7.53. The van der Waals surface area contributed by atoms with E-state index < -0.39 is 6.10 Å². The zero-order valence-electron chi connectivity index (χ0n) is 14.1. The van der Waals surface area contributed by atoms with E-state index in [-0.39, 0.29) is 12.2 Å². The van der Waals surface area contributed by atoms with Crippen LogP contribution in [0.3, 0.4) is 0 Å². The first kappa shape index (κ1) is 18.0. The molecule has 23 heavy (non-hydrogen) atoms. The van der Waals surface area contributed by atoms with Gasteiger partial charge in [0.05, 0.1) is 6.10 Å². The van der Waals surface area contributed by atoms with Crippen LogP contribution in [0.5, 0.6) is 5.75 Å². The first-order chi connectivity index (χ1) is 11.2. The Balaban J connectivity index is 1.62. The van der Waals surface area contributed by atoms with E-state index in [1.54, 1.807) is 0 Å². The van der Waals surface area contributed by atoms with Crippen LogP contribution in [0.1, 0.15) is 69.4 Å². The number of hydrogen-bond donors (Lipinski definition) is 1. The van der Waals surface area contributed by atoms with E-state index in [1.807, 2.05) is 18.2 Å². The molecule has 1 atom stereocenters. The van der Waals surface area contributed by atoms with Crippen molar-refractivity contribution in [3.05, 3.63) is 29.3 Å². The minimum Gasteiger partial charge on any atom is -0.393 e. The molecule has 4 nitrogen and oxygen atoms in total. The highest BCUT2D eigenvalue weighted by atomic mass is 17.2. The van der Waals surface area contributed by atoms with Crippen LogP contribution < -0.4 is 4.89 Å². The smallest absolute Gasteiger partial charge is 0.171 e. The van der Waals surface area contributed by atoms with Crippen molar-refractivity contribution in [2.75, 3.05) is 0 Å². The minimum absolute atomic E-state index is 0.128. The molecule has 1 aliphatic rings. The summed E-state index contributed by atoms with van der Waals surface area (Å²) >= 11 is 0. The third kappa shape index (κ3) is 6.32. The number of carbonyl (C=O) groups excluding carboxylic acids is 1. The van der Waals surface area contributed by atoms with Crippen molar-refractivity contribution < 1.29 is 19.7 Å². The van der Waals surface area contributed by atoms with Gasteiger partial charge < -0.3 is 9.99 Å². The second-order valence-electron chi connectivity index (χ2n) is 6.39. The number of benzene rings is 1. The molecule has 1 heterocycles. The average Bonchev–Trinajstić information content (AvgIpc) is 3.00. The van der Waals surface area contributed by atoms with Crippen molar-refractivity contribution in [3.8, 4) is 5.75 Å². The van der Waals surface area contributed by atoms with Crippen LogP contribution in [-0.4, -0.2) is 17.0 Å². The Labute approximate surface area is 138 Å². The molecular formula is C19H28O4. The molecule has 0 fully saturated rings. The maximum absolute atomic E-state index is 12.0. The molecule has 0 saturated heterocycles. The fourth-order valence-electron chi connectivity index (χ4n) is 2.84. The Morgan fingerprint density at radius 3 is 2.91 bits per heavy atom. The fourth-order valence-corrected chi connectivity index (χ4v) is 2.84. The SMILES string of the molecule is CCCCCCCC(O)CC(=O)CCc1ccc2c(c1)OOC2. The van der Waals surface area contributed by atoms with E-state index in [2.05, 4.69) is 6.92 Å². The predicted molar refractivity (Wildman–Crippen MR) is 89.2 cm³/mol. The standard InChI is InChI=1S/C19H28O4/c1-2-3-4-5-6-7-17(20)13-18(21)11-9-15-8-10-16-14-22-23-19(16)12-15/h8,10,12,17,20H,2-7,9,11,13-14H2,1H3. The van der Waals surface area contributed by atoms with Gasteiger partial charge in [-0.1, -0.05) is 51.2 Å². The van der Waals surface area contributed by atoms with Crippen molar-refractivity contribution in [3.63, 3.8) is 0 Å². The maximum atomic E-state index is 12.0. The number of aliphatic hydroxyl groups excluding tert-OH is 1. The molecule has 4 heteroatoms. The van der Waals surface area contributed by atoms with Crippen LogP contribution in [0.2, 0.25) is 0 Å². The monoisotopic (exact) mass is 320 g/mol. The number of aliphatic hydroxyl groups is 1. The van der Waals surface area contributed by atoms with Gasteiger partial charge in [-0.05, 0) is 24.5 Å². The van der Waals surface area contributed by atoms with Gasteiger partial charge in [0.2, 0.25) is 0 Å². The summed E-state index contributed by atoms with van der Waals surface area (Å²) in [5, 5.41) is 9.94. The number of rotatable bonds is 11. The average molecular weight is 320 g/mol. The van der Waals surface area contributed by atoms with Gasteiger partial charge in [-0.25, -0.2) is 0 Å². The number of unbranched alkanes of at least 4 members (excludes halogenated alkanes) is 4. The highest BCUT2D eigenvalue weighted by molar-refractivity contribution is 5.79. The molecule has 1 unspecified atom stereocenters. The van der Waals surface area contributed by atoms with Crippen molar-refractivity contribution >= 4 is 5.78 Å². The zero-order valence-corrected chi connectivity index (χ0v) is 14.1. The minimum atomic E-state index is -0.485. The van der Waals surface area contributed by atoms with Crippen molar-refractivity contribution in [1.82, 2.24) is 0 Å². The Morgan fingerprint density at radius 2 is 2.09 bits per heavy atom. The second kappa shape index (κ2) is 9.68. The van der Waals surface area contributed by atoms with E-state index in [9.17, 15) is 9.90 Å². The molecule has 0 saturated carbocycles. The lowest BCUT2D eigenvalue weighted by molar-refractivity contribution is -0.194. The van der Waals surface area contributed by atoms with E-state index in [4.69, 9.17) is 9.78 Å². The number of Topliss-reactive ketones (excluding diaryl/α,β-unsaturated/α-hetero) is 1. The molecule has 0 aliphatic carbocycles. The second-order valence-corrected chi connectivity index (χ2v) is 6.39.